The highest BCUT2D eigenvalue weighted by Crippen LogP contribution is 2.55. The van der Waals surface area contributed by atoms with Crippen LogP contribution >= 0.6 is 0 Å². The average Bonchev–Trinajstić information content (AvgIpc) is 3.34. The highest BCUT2D eigenvalue weighted by atomic mass is 32.2. The number of sulfonamides is 1. The van der Waals surface area contributed by atoms with E-state index in [1.54, 1.807) is 38.4 Å². The summed E-state index contributed by atoms with van der Waals surface area (Å²) in [7, 11) is -2.42. The fourth-order valence-corrected chi connectivity index (χ4v) is 6.18. The Morgan fingerprint density at radius 1 is 1.09 bits per heavy atom. The number of aromatic nitrogens is 2. The van der Waals surface area contributed by atoms with Crippen LogP contribution in [0.1, 0.15) is 43.0 Å². The molecule has 182 valence electrons. The number of oxazole rings is 1. The van der Waals surface area contributed by atoms with Gasteiger partial charge in [-0.3, -0.25) is 0 Å². The molecule has 5 rings (SSSR count). The van der Waals surface area contributed by atoms with Crippen LogP contribution in [0.5, 0.6) is 0 Å². The van der Waals surface area contributed by atoms with Crippen molar-refractivity contribution in [3.05, 3.63) is 71.7 Å². The van der Waals surface area contributed by atoms with Crippen LogP contribution in [0.25, 0.3) is 22.6 Å². The monoisotopic (exact) mass is 491 g/mol. The van der Waals surface area contributed by atoms with E-state index >= 15 is 0 Å². The van der Waals surface area contributed by atoms with Gasteiger partial charge in [0, 0.05) is 23.7 Å². The predicted octanol–water partition coefficient (Wildman–Crippen LogP) is 6.20. The summed E-state index contributed by atoms with van der Waals surface area (Å²) in [5.41, 5.74) is 4.93. The van der Waals surface area contributed by atoms with E-state index in [2.05, 4.69) is 30.1 Å². The minimum Gasteiger partial charge on any atom is -0.445 e. The molecule has 0 aliphatic heterocycles. The Hall–Kier alpha value is -3.39. The third-order valence-electron chi connectivity index (χ3n) is 7.06. The molecule has 0 N–H and O–H groups in total. The molecular weight excluding hydrogens is 462 g/mol. The topological polar surface area (TPSA) is 89.4 Å². The second-order valence-corrected chi connectivity index (χ2v) is 11.5. The summed E-state index contributed by atoms with van der Waals surface area (Å²) in [5, 5.41) is 3.93. The molecule has 2 aromatic carbocycles. The number of benzene rings is 2. The fraction of sp³-hybridized carbons (Fsp3) is 0.333. The van der Waals surface area contributed by atoms with Gasteiger partial charge in [0.05, 0.1) is 16.8 Å². The standard InChI is InChI=1S/C27H29N3O4S/c1-16(2)22-15-24(22)23-14-19(26-28-12-13-33-26)10-11-20(23)21-8-6-7-9-25(21)35(31,32)30(5)27-17(3)18(4)29-34-27/h6-14,16,22,24H,15H2,1-5H3/t22-,24+/m0/s1. The predicted molar refractivity (Wildman–Crippen MR) is 135 cm³/mol. The minimum absolute atomic E-state index is 0.221. The average molecular weight is 492 g/mol. The lowest BCUT2D eigenvalue weighted by Crippen LogP contribution is -2.27. The molecule has 1 saturated carbocycles. The molecule has 0 spiro atoms. The van der Waals surface area contributed by atoms with Crippen molar-refractivity contribution >= 4 is 15.9 Å². The normalized spacial score (nSPS) is 17.7. The van der Waals surface area contributed by atoms with Crippen LogP contribution in [0, 0.1) is 25.7 Å². The van der Waals surface area contributed by atoms with Gasteiger partial charge in [-0.2, -0.15) is 0 Å². The van der Waals surface area contributed by atoms with Crippen LogP contribution < -0.4 is 4.31 Å². The van der Waals surface area contributed by atoms with Crippen LogP contribution in [0.4, 0.5) is 5.88 Å². The Kier molecular flexibility index (Phi) is 5.79. The summed E-state index contributed by atoms with van der Waals surface area (Å²) in [6.07, 6.45) is 4.26. The van der Waals surface area contributed by atoms with Gasteiger partial charge in [-0.25, -0.2) is 17.7 Å². The van der Waals surface area contributed by atoms with Crippen LogP contribution in [0.3, 0.4) is 0 Å². The van der Waals surface area contributed by atoms with Gasteiger partial charge >= 0.3 is 0 Å². The molecule has 1 aliphatic carbocycles. The zero-order chi connectivity index (χ0) is 24.9. The summed E-state index contributed by atoms with van der Waals surface area (Å²) < 4.78 is 39.7. The molecule has 0 bridgehead atoms. The van der Waals surface area contributed by atoms with Crippen LogP contribution in [-0.4, -0.2) is 25.6 Å². The number of anilines is 1. The molecule has 1 fully saturated rings. The van der Waals surface area contributed by atoms with Crippen LogP contribution in [0.2, 0.25) is 0 Å². The fourth-order valence-electron chi connectivity index (χ4n) is 4.79. The van der Waals surface area contributed by atoms with Gasteiger partial charge < -0.3 is 8.94 Å². The van der Waals surface area contributed by atoms with Gasteiger partial charge in [-0.15, -0.1) is 0 Å². The van der Waals surface area contributed by atoms with E-state index in [-0.39, 0.29) is 10.8 Å². The van der Waals surface area contributed by atoms with Crippen molar-refractivity contribution in [2.75, 3.05) is 11.4 Å². The van der Waals surface area contributed by atoms with Crippen molar-refractivity contribution in [3.8, 4) is 22.6 Å². The molecular formula is C27H29N3O4S. The smallest absolute Gasteiger partial charge is 0.267 e. The largest absolute Gasteiger partial charge is 0.445 e. The number of aryl methyl sites for hydroxylation is 1. The second-order valence-electron chi connectivity index (χ2n) is 9.56. The number of rotatable bonds is 7. The zero-order valence-electron chi connectivity index (χ0n) is 20.5. The maximum atomic E-state index is 13.8. The Morgan fingerprint density at radius 2 is 1.86 bits per heavy atom. The molecule has 1 aliphatic rings. The minimum atomic E-state index is -3.92. The van der Waals surface area contributed by atoms with Crippen molar-refractivity contribution in [1.29, 1.82) is 0 Å². The summed E-state index contributed by atoms with van der Waals surface area (Å²) in [6.45, 7) is 8.06. The van der Waals surface area contributed by atoms with Crippen molar-refractivity contribution in [1.82, 2.24) is 10.1 Å². The van der Waals surface area contributed by atoms with E-state index in [9.17, 15) is 8.42 Å². The molecule has 4 aromatic rings. The first-order valence-electron chi connectivity index (χ1n) is 11.7. The van der Waals surface area contributed by atoms with E-state index in [1.807, 2.05) is 24.3 Å². The summed E-state index contributed by atoms with van der Waals surface area (Å²) >= 11 is 0. The van der Waals surface area contributed by atoms with Gasteiger partial charge in [-0.1, -0.05) is 43.3 Å². The van der Waals surface area contributed by atoms with Gasteiger partial charge in [-0.05, 0) is 67.3 Å². The molecule has 0 amide bonds. The molecule has 8 heteroatoms. The van der Waals surface area contributed by atoms with Gasteiger partial charge in [0.15, 0.2) is 0 Å². The number of hydrogen-bond donors (Lipinski definition) is 0. The van der Waals surface area contributed by atoms with E-state index in [0.717, 1.165) is 23.1 Å². The van der Waals surface area contributed by atoms with E-state index < -0.39 is 10.0 Å². The van der Waals surface area contributed by atoms with E-state index in [4.69, 9.17) is 8.94 Å². The van der Waals surface area contributed by atoms with Crippen molar-refractivity contribution in [2.45, 2.75) is 44.9 Å². The number of hydrogen-bond acceptors (Lipinski definition) is 6. The van der Waals surface area contributed by atoms with E-state index in [1.165, 1.54) is 11.4 Å². The number of nitrogens with zero attached hydrogens (tertiary/aromatic N) is 3. The third kappa shape index (κ3) is 4.05. The first-order valence-corrected chi connectivity index (χ1v) is 13.2. The Morgan fingerprint density at radius 3 is 2.49 bits per heavy atom. The maximum absolute atomic E-state index is 13.8. The summed E-state index contributed by atoms with van der Waals surface area (Å²) in [6, 6.07) is 13.2. The molecule has 2 heterocycles. The Balaban J connectivity index is 1.64. The highest BCUT2D eigenvalue weighted by molar-refractivity contribution is 7.93. The highest BCUT2D eigenvalue weighted by Gasteiger charge is 2.42. The summed E-state index contributed by atoms with van der Waals surface area (Å²) in [4.78, 5) is 4.53. The Bertz CT molecular complexity index is 1470. The molecule has 7 nitrogen and oxygen atoms in total. The molecule has 0 unspecified atom stereocenters. The van der Waals surface area contributed by atoms with Crippen molar-refractivity contribution in [2.24, 2.45) is 11.8 Å². The Labute approximate surface area is 205 Å². The molecule has 2 atom stereocenters. The lowest BCUT2D eigenvalue weighted by Gasteiger charge is -2.20. The lowest BCUT2D eigenvalue weighted by molar-refractivity contribution is 0.422. The van der Waals surface area contributed by atoms with Crippen molar-refractivity contribution < 1.29 is 17.4 Å². The van der Waals surface area contributed by atoms with Crippen LogP contribution in [0.15, 0.2) is 68.8 Å². The lowest BCUT2D eigenvalue weighted by atomic mass is 9.92. The van der Waals surface area contributed by atoms with Crippen LogP contribution in [-0.2, 0) is 10.0 Å². The van der Waals surface area contributed by atoms with Gasteiger partial charge in [0.25, 0.3) is 10.0 Å². The van der Waals surface area contributed by atoms with Crippen molar-refractivity contribution in [3.63, 3.8) is 0 Å². The van der Waals surface area contributed by atoms with E-state index in [0.29, 0.717) is 40.5 Å². The van der Waals surface area contributed by atoms with Gasteiger partial charge in [0.1, 0.15) is 6.26 Å². The van der Waals surface area contributed by atoms with Gasteiger partial charge in [0.2, 0.25) is 11.8 Å². The zero-order valence-corrected chi connectivity index (χ0v) is 21.3. The molecule has 0 radical (unpaired) electrons. The second kappa shape index (κ2) is 8.68. The quantitative estimate of drug-likeness (QED) is 0.306. The summed E-state index contributed by atoms with van der Waals surface area (Å²) in [5.74, 6) is 2.23. The first-order chi connectivity index (χ1) is 16.7. The first kappa shape index (κ1) is 23.4. The molecule has 2 aromatic heterocycles. The SMILES string of the molecule is Cc1noc(N(C)S(=O)(=O)c2ccccc2-c2ccc(-c3ncco3)cc2[C@@H]2C[C@H]2C(C)C)c1C. The molecule has 0 saturated heterocycles. The third-order valence-corrected chi connectivity index (χ3v) is 8.86. The maximum Gasteiger partial charge on any atom is 0.267 e. The molecule has 35 heavy (non-hydrogen) atoms.